The van der Waals surface area contributed by atoms with E-state index in [1.807, 2.05) is 12.1 Å². The van der Waals surface area contributed by atoms with Crippen LogP contribution in [0.5, 0.6) is 0 Å². The maximum atomic E-state index is 8.82. The lowest BCUT2D eigenvalue weighted by molar-refractivity contribution is 0.315. The number of fused-ring (bicyclic) bond motifs is 1. The van der Waals surface area contributed by atoms with Crippen molar-refractivity contribution in [3.63, 3.8) is 0 Å². The van der Waals surface area contributed by atoms with Crippen LogP contribution in [0.25, 0.3) is 0 Å². The summed E-state index contributed by atoms with van der Waals surface area (Å²) in [5, 5.41) is 12.1. The van der Waals surface area contributed by atoms with E-state index in [0.717, 1.165) is 12.8 Å². The summed E-state index contributed by atoms with van der Waals surface area (Å²) in [5.74, 6) is 0. The van der Waals surface area contributed by atoms with Crippen LogP contribution in [-0.4, -0.2) is 17.0 Å². The Bertz CT molecular complexity index is 365. The predicted molar refractivity (Wildman–Crippen MR) is 62.9 cm³/mol. The first kappa shape index (κ1) is 12.0. The molecule has 3 N–H and O–H groups in total. The minimum Gasteiger partial charge on any atom is -0.411 e. The van der Waals surface area contributed by atoms with E-state index < -0.39 is 0 Å². The van der Waals surface area contributed by atoms with Crippen molar-refractivity contribution < 1.29 is 5.21 Å². The Morgan fingerprint density at radius 2 is 1.93 bits per heavy atom. The molecule has 0 heterocycles. The first-order valence-corrected chi connectivity index (χ1v) is 4.84. The molecule has 0 saturated heterocycles. The van der Waals surface area contributed by atoms with Gasteiger partial charge in [-0.15, -0.1) is 12.4 Å². The first-order valence-electron chi connectivity index (χ1n) is 4.84. The van der Waals surface area contributed by atoms with Crippen LogP contribution in [0.15, 0.2) is 29.4 Å². The molecule has 1 aliphatic rings. The Kier molecular flexibility index (Phi) is 4.12. The quantitative estimate of drug-likeness (QED) is 0.402. The summed E-state index contributed by atoms with van der Waals surface area (Å²) in [6.07, 6.45) is 2.50. The average molecular weight is 227 g/mol. The number of benzene rings is 1. The number of rotatable bonds is 0. The highest BCUT2D eigenvalue weighted by atomic mass is 35.5. The molecule has 2 rings (SSSR count). The van der Waals surface area contributed by atoms with Crippen LogP contribution in [-0.2, 0) is 12.8 Å². The first-order chi connectivity index (χ1) is 6.81. The number of nitrogens with two attached hydrogens (primary N) is 1. The Labute approximate surface area is 95.4 Å². The van der Waals surface area contributed by atoms with Gasteiger partial charge >= 0.3 is 0 Å². The Balaban J connectivity index is 0.00000112. The molecule has 0 fully saturated rings. The number of nitrogens with zero attached hydrogens (tertiary/aromatic N) is 1. The van der Waals surface area contributed by atoms with Crippen molar-refractivity contribution in [3.05, 3.63) is 35.4 Å². The SMILES string of the molecule is Cl.NC1CCc2ccccc2C/C1=N/O. The minimum atomic E-state index is -0.104. The van der Waals surface area contributed by atoms with Crippen LogP contribution in [0.4, 0.5) is 0 Å². The van der Waals surface area contributed by atoms with Gasteiger partial charge < -0.3 is 10.9 Å². The molecule has 4 heteroatoms. The lowest BCUT2D eigenvalue weighted by atomic mass is 10.0. The van der Waals surface area contributed by atoms with Crippen molar-refractivity contribution in [2.45, 2.75) is 25.3 Å². The number of aryl methyl sites for hydroxylation is 1. The van der Waals surface area contributed by atoms with E-state index in [2.05, 4.69) is 17.3 Å². The largest absolute Gasteiger partial charge is 0.411 e. The maximum absolute atomic E-state index is 8.82. The van der Waals surface area contributed by atoms with Gasteiger partial charge in [-0.05, 0) is 24.0 Å². The summed E-state index contributed by atoms with van der Waals surface area (Å²) in [7, 11) is 0. The molecular weight excluding hydrogens is 212 g/mol. The van der Waals surface area contributed by atoms with Gasteiger partial charge in [-0.1, -0.05) is 29.4 Å². The van der Waals surface area contributed by atoms with Crippen LogP contribution in [0, 0.1) is 0 Å². The molecule has 0 aliphatic heterocycles. The van der Waals surface area contributed by atoms with E-state index in [4.69, 9.17) is 10.9 Å². The molecule has 82 valence electrons. The highest BCUT2D eigenvalue weighted by Crippen LogP contribution is 2.18. The summed E-state index contributed by atoms with van der Waals surface area (Å²) in [5.41, 5.74) is 9.12. The lowest BCUT2D eigenvalue weighted by Crippen LogP contribution is -2.30. The molecule has 0 aromatic heterocycles. The molecule has 1 aromatic carbocycles. The second-order valence-corrected chi connectivity index (χ2v) is 3.68. The Morgan fingerprint density at radius 1 is 1.27 bits per heavy atom. The van der Waals surface area contributed by atoms with E-state index in [0.29, 0.717) is 12.1 Å². The third-order valence-corrected chi connectivity index (χ3v) is 2.77. The predicted octanol–water partition coefficient (Wildman–Crippen LogP) is 1.75. The Hall–Kier alpha value is -1.06. The fourth-order valence-electron chi connectivity index (χ4n) is 1.89. The van der Waals surface area contributed by atoms with Gasteiger partial charge in [0, 0.05) is 12.5 Å². The van der Waals surface area contributed by atoms with Gasteiger partial charge in [-0.25, -0.2) is 0 Å². The number of hydrogen-bond acceptors (Lipinski definition) is 3. The van der Waals surface area contributed by atoms with Crippen molar-refractivity contribution in [2.75, 3.05) is 0 Å². The van der Waals surface area contributed by atoms with Crippen LogP contribution in [0.3, 0.4) is 0 Å². The highest BCUT2D eigenvalue weighted by Gasteiger charge is 2.18. The molecule has 1 aromatic rings. The zero-order valence-electron chi connectivity index (χ0n) is 8.39. The molecule has 0 amide bonds. The lowest BCUT2D eigenvalue weighted by Gasteiger charge is -2.07. The van der Waals surface area contributed by atoms with Gasteiger partial charge in [0.15, 0.2) is 0 Å². The molecule has 0 radical (unpaired) electrons. The van der Waals surface area contributed by atoms with Crippen molar-refractivity contribution in [2.24, 2.45) is 10.9 Å². The summed E-state index contributed by atoms with van der Waals surface area (Å²) < 4.78 is 0. The smallest absolute Gasteiger partial charge is 0.0781 e. The summed E-state index contributed by atoms with van der Waals surface area (Å²) in [4.78, 5) is 0. The second-order valence-electron chi connectivity index (χ2n) is 3.68. The van der Waals surface area contributed by atoms with Gasteiger partial charge in [0.05, 0.1) is 5.71 Å². The van der Waals surface area contributed by atoms with E-state index >= 15 is 0 Å². The van der Waals surface area contributed by atoms with Gasteiger partial charge in [0.25, 0.3) is 0 Å². The molecule has 0 bridgehead atoms. The van der Waals surface area contributed by atoms with Gasteiger partial charge in [-0.3, -0.25) is 0 Å². The molecule has 3 nitrogen and oxygen atoms in total. The second kappa shape index (κ2) is 5.14. The molecule has 1 aliphatic carbocycles. The van der Waals surface area contributed by atoms with E-state index in [9.17, 15) is 0 Å². The van der Waals surface area contributed by atoms with Crippen LogP contribution in [0.1, 0.15) is 17.5 Å². The topological polar surface area (TPSA) is 58.6 Å². The molecule has 0 saturated carbocycles. The van der Waals surface area contributed by atoms with Crippen molar-refractivity contribution in [1.29, 1.82) is 0 Å². The fraction of sp³-hybridized carbons (Fsp3) is 0.364. The monoisotopic (exact) mass is 226 g/mol. The van der Waals surface area contributed by atoms with Crippen molar-refractivity contribution in [3.8, 4) is 0 Å². The summed E-state index contributed by atoms with van der Waals surface area (Å²) in [6, 6.07) is 8.12. The molecule has 1 atom stereocenters. The van der Waals surface area contributed by atoms with Gasteiger partial charge in [-0.2, -0.15) is 0 Å². The Morgan fingerprint density at radius 3 is 2.60 bits per heavy atom. The zero-order chi connectivity index (χ0) is 9.97. The number of oxime groups is 1. The fourth-order valence-corrected chi connectivity index (χ4v) is 1.89. The molecule has 0 spiro atoms. The van der Waals surface area contributed by atoms with Gasteiger partial charge in [0.1, 0.15) is 0 Å². The highest BCUT2D eigenvalue weighted by molar-refractivity contribution is 5.91. The van der Waals surface area contributed by atoms with Crippen LogP contribution < -0.4 is 5.73 Å². The minimum absolute atomic E-state index is 0. The van der Waals surface area contributed by atoms with Gasteiger partial charge in [0.2, 0.25) is 0 Å². The zero-order valence-corrected chi connectivity index (χ0v) is 9.20. The average Bonchev–Trinajstić information content (AvgIpc) is 2.38. The third-order valence-electron chi connectivity index (χ3n) is 2.77. The molecule has 15 heavy (non-hydrogen) atoms. The number of halogens is 1. The summed E-state index contributed by atoms with van der Waals surface area (Å²) in [6.45, 7) is 0. The molecule has 1 unspecified atom stereocenters. The third kappa shape index (κ3) is 2.49. The standard InChI is InChI=1S/C11H14N2O.ClH/c12-10-6-5-8-3-1-2-4-9(8)7-11(10)13-14;/h1-4,10,14H,5-7,12H2;1H/b13-11-;. The maximum Gasteiger partial charge on any atom is 0.0781 e. The van der Waals surface area contributed by atoms with E-state index in [1.165, 1.54) is 11.1 Å². The van der Waals surface area contributed by atoms with Crippen molar-refractivity contribution >= 4 is 18.1 Å². The normalized spacial score (nSPS) is 22.7. The van der Waals surface area contributed by atoms with Crippen LogP contribution in [0.2, 0.25) is 0 Å². The molecular formula is C11H15ClN2O. The van der Waals surface area contributed by atoms with E-state index in [-0.39, 0.29) is 18.4 Å². The summed E-state index contributed by atoms with van der Waals surface area (Å²) >= 11 is 0. The van der Waals surface area contributed by atoms with Crippen LogP contribution >= 0.6 is 12.4 Å². The number of hydrogen-bond donors (Lipinski definition) is 2. The van der Waals surface area contributed by atoms with Crippen molar-refractivity contribution in [1.82, 2.24) is 0 Å². The van der Waals surface area contributed by atoms with E-state index in [1.54, 1.807) is 0 Å².